The molecule has 0 saturated carbocycles. The summed E-state index contributed by atoms with van der Waals surface area (Å²) in [5, 5.41) is 20.9. The van der Waals surface area contributed by atoms with Crippen LogP contribution in [0.3, 0.4) is 0 Å². The number of allylic oxidation sites excluding steroid dienone is 2. The summed E-state index contributed by atoms with van der Waals surface area (Å²) < 4.78 is 1.12. The number of hydrogen-bond acceptors (Lipinski definition) is 4. The molecule has 0 amide bonds. The van der Waals surface area contributed by atoms with Crippen molar-refractivity contribution in [3.63, 3.8) is 0 Å². The number of carboxylic acid groups (broad SMARTS) is 1. The molecule has 6 heteroatoms. The molecule has 74 valence electrons. The summed E-state index contributed by atoms with van der Waals surface area (Å²) >= 11 is -1.16. The van der Waals surface area contributed by atoms with Crippen LogP contribution in [0.25, 0.3) is 0 Å². The molecule has 1 aliphatic carbocycles. The van der Waals surface area contributed by atoms with Crippen LogP contribution in [0.2, 0.25) is 3.93 Å². The minimum Gasteiger partial charge on any atom is 1.00 e. The molecule has 3 nitrogen and oxygen atoms in total. The smallest absolute Gasteiger partial charge is 1.00 e. The second-order valence-corrected chi connectivity index (χ2v) is 16.5. The van der Waals surface area contributed by atoms with Crippen LogP contribution in [0, 0.1) is 5.92 Å². The molecule has 0 aliphatic heterocycles. The van der Waals surface area contributed by atoms with Gasteiger partial charge in [-0.3, -0.25) is 0 Å². The maximum Gasteiger partial charge on any atom is 1.00 e. The van der Waals surface area contributed by atoms with Gasteiger partial charge in [0.05, 0.1) is 0 Å². The molecule has 15 heavy (non-hydrogen) atoms. The van der Waals surface area contributed by atoms with Gasteiger partial charge in [0.2, 0.25) is 0 Å². The Morgan fingerprint density at radius 1 is 1.67 bits per heavy atom. The summed E-state index contributed by atoms with van der Waals surface area (Å²) in [6.07, 6.45) is 6.38. The molecule has 0 bridgehead atoms. The van der Waals surface area contributed by atoms with E-state index in [1.54, 1.807) is 18.2 Å². The van der Waals surface area contributed by atoms with Crippen molar-refractivity contribution in [1.29, 1.82) is 0 Å². The minimum absolute atomic E-state index is 0. The number of rotatable bonds is 4. The van der Waals surface area contributed by atoms with E-state index in [2.05, 4.69) is 6.92 Å². The normalized spacial score (nSPS) is 28.0. The fourth-order valence-electron chi connectivity index (χ4n) is 1.26. The summed E-state index contributed by atoms with van der Waals surface area (Å²) in [6.45, 7) is 2.08. The van der Waals surface area contributed by atoms with Crippen LogP contribution >= 0.6 is 8.24 Å². The number of carbonyl (C=O) groups excluding carboxylic acids is 1. The van der Waals surface area contributed by atoms with E-state index in [0.29, 0.717) is 0 Å². The summed E-state index contributed by atoms with van der Waals surface area (Å²) in [7, 11) is 1.45. The predicted octanol–water partition coefficient (Wildman–Crippen LogP) is -2.66. The van der Waals surface area contributed by atoms with Crippen molar-refractivity contribution >= 4 is 14.2 Å². The Balaban J connectivity index is 0.00000196. The zero-order chi connectivity index (χ0) is 10.6. The van der Waals surface area contributed by atoms with Crippen LogP contribution in [0.1, 0.15) is 6.92 Å². The van der Waals surface area contributed by atoms with Crippen LogP contribution in [-0.2, 0) is 27.9 Å². The van der Waals surface area contributed by atoms with Gasteiger partial charge in [0.25, 0.3) is 0 Å². The van der Waals surface area contributed by atoms with E-state index in [1.807, 2.05) is 0 Å². The maximum atomic E-state index is 10.8. The van der Waals surface area contributed by atoms with Gasteiger partial charge in [-0.2, -0.15) is 0 Å². The topological polar surface area (TPSA) is 60.4 Å². The van der Waals surface area contributed by atoms with E-state index >= 15 is 0 Å². The Labute approximate surface area is 126 Å². The molecule has 2 unspecified atom stereocenters. The molecular formula is C9H11HgNaO3S. The molecule has 1 aliphatic rings. The second-order valence-electron chi connectivity index (χ2n) is 3.14. The Morgan fingerprint density at radius 3 is 2.87 bits per heavy atom. The second kappa shape index (κ2) is 7.51. The largest absolute Gasteiger partial charge is 1.00 e. The van der Waals surface area contributed by atoms with Gasteiger partial charge in [-0.05, 0) is 0 Å². The monoisotopic (exact) mass is 424 g/mol. The summed E-state index contributed by atoms with van der Waals surface area (Å²) in [6, 6.07) is 0. The van der Waals surface area contributed by atoms with E-state index in [1.165, 1.54) is 14.3 Å². The molecule has 1 rings (SSSR count). The molecule has 0 heterocycles. The first-order chi connectivity index (χ1) is 6.60. The first kappa shape index (κ1) is 16.2. The van der Waals surface area contributed by atoms with Gasteiger partial charge in [0.15, 0.2) is 0 Å². The Kier molecular flexibility index (Phi) is 8.11. The third kappa shape index (κ3) is 4.52. The van der Waals surface area contributed by atoms with Gasteiger partial charge in [0.1, 0.15) is 0 Å². The van der Waals surface area contributed by atoms with Crippen molar-refractivity contribution in [3.05, 3.63) is 24.3 Å². The van der Waals surface area contributed by atoms with Crippen LogP contribution in [0.4, 0.5) is 0 Å². The molecule has 0 aromatic rings. The van der Waals surface area contributed by atoms with Gasteiger partial charge in [0, 0.05) is 0 Å². The SMILES string of the molecule is C[CH2][Hg][S]C1(O)C=CC=CC1C(=O)[O-].[Na+]. The van der Waals surface area contributed by atoms with Gasteiger partial charge < -0.3 is 0 Å². The number of aliphatic carboxylic acids is 1. The van der Waals surface area contributed by atoms with E-state index in [0.717, 1.165) is 3.93 Å². The number of carbonyl (C=O) groups is 1. The van der Waals surface area contributed by atoms with E-state index in [4.69, 9.17) is 0 Å². The average molecular weight is 423 g/mol. The van der Waals surface area contributed by atoms with Crippen LogP contribution in [-0.4, -0.2) is 16.0 Å². The van der Waals surface area contributed by atoms with Gasteiger partial charge in [-0.25, -0.2) is 0 Å². The average Bonchev–Trinajstić information content (AvgIpc) is 2.15. The third-order valence-corrected chi connectivity index (χ3v) is 16.0. The van der Waals surface area contributed by atoms with Crippen LogP contribution < -0.4 is 34.7 Å². The standard InChI is InChI=1S/C7H8O3S.C2H5.Hg.Na/c8-6(9)5-3-1-2-4-7(5,10)11;1-2;;/h1-5,10-11H,(H,8,9);1H2,2H3;;/q;;2*+1/p-2. The van der Waals surface area contributed by atoms with Gasteiger partial charge in [-0.1, -0.05) is 0 Å². The zero-order valence-corrected chi connectivity index (χ0v) is 17.3. The summed E-state index contributed by atoms with van der Waals surface area (Å²) in [4.78, 5) is 9.54. The quantitative estimate of drug-likeness (QED) is 0.397. The van der Waals surface area contributed by atoms with E-state index in [-0.39, 0.29) is 29.6 Å². The van der Waals surface area contributed by atoms with E-state index in [9.17, 15) is 15.0 Å². The van der Waals surface area contributed by atoms with Gasteiger partial charge >= 0.3 is 128 Å². The van der Waals surface area contributed by atoms with Gasteiger partial charge in [-0.15, -0.1) is 0 Å². The van der Waals surface area contributed by atoms with Crippen molar-refractivity contribution < 1.29 is 67.6 Å². The van der Waals surface area contributed by atoms with Crippen molar-refractivity contribution in [3.8, 4) is 0 Å². The first-order valence-corrected chi connectivity index (χ1v) is 16.1. The molecule has 0 aromatic carbocycles. The first-order valence-electron chi connectivity index (χ1n) is 4.53. The van der Waals surface area contributed by atoms with Crippen LogP contribution in [0.5, 0.6) is 0 Å². The molecule has 2 atom stereocenters. The molecule has 0 radical (unpaired) electrons. The van der Waals surface area contributed by atoms with Crippen molar-refractivity contribution in [2.24, 2.45) is 5.92 Å². The number of hydrogen-bond donors (Lipinski definition) is 1. The molecule has 1 N–H and O–H groups in total. The fourth-order valence-corrected chi connectivity index (χ4v) is 11.7. The summed E-state index contributed by atoms with van der Waals surface area (Å²) in [5.41, 5.74) is 0. The Morgan fingerprint density at radius 2 is 2.33 bits per heavy atom. The number of carboxylic acids is 1. The molecule has 0 aromatic heterocycles. The molecular weight excluding hydrogens is 412 g/mol. The Hall–Kier alpha value is 1.20. The minimum atomic E-state index is -1.24. The fraction of sp³-hybridized carbons (Fsp3) is 0.444. The van der Waals surface area contributed by atoms with Crippen LogP contribution in [0.15, 0.2) is 24.3 Å². The van der Waals surface area contributed by atoms with Crippen molar-refractivity contribution in [2.75, 3.05) is 0 Å². The Bertz CT molecular complexity index is 283. The van der Waals surface area contributed by atoms with Crippen molar-refractivity contribution in [2.45, 2.75) is 15.8 Å². The predicted molar refractivity (Wildman–Crippen MR) is 49.8 cm³/mol. The molecule has 0 saturated heterocycles. The summed E-state index contributed by atoms with van der Waals surface area (Å²) in [5.74, 6) is -2.10. The molecule has 0 spiro atoms. The maximum absolute atomic E-state index is 10.8. The molecule has 0 fully saturated rings. The number of aliphatic hydroxyl groups is 1. The van der Waals surface area contributed by atoms with E-state index < -0.39 is 39.9 Å². The van der Waals surface area contributed by atoms with Crippen molar-refractivity contribution in [1.82, 2.24) is 0 Å². The third-order valence-electron chi connectivity index (χ3n) is 1.99. The zero-order valence-electron chi connectivity index (χ0n) is 8.97.